The van der Waals surface area contributed by atoms with Crippen molar-refractivity contribution in [3.8, 4) is 0 Å². The number of carbonyl (C=O) groups excluding carboxylic acids is 1. The van der Waals surface area contributed by atoms with Gasteiger partial charge < -0.3 is 0 Å². The van der Waals surface area contributed by atoms with Crippen molar-refractivity contribution in [2.45, 2.75) is 26.2 Å². The van der Waals surface area contributed by atoms with E-state index in [1.807, 2.05) is 6.92 Å². The topological polar surface area (TPSA) is 17.1 Å². The second-order valence-corrected chi connectivity index (χ2v) is 2.84. The number of hydrogen-bond donors (Lipinski definition) is 0. The minimum absolute atomic E-state index is 0.244. The fourth-order valence-electron chi connectivity index (χ4n) is 0.689. The Morgan fingerprint density at radius 3 is 2.60 bits per heavy atom. The van der Waals surface area contributed by atoms with Crippen LogP contribution in [0.1, 0.15) is 26.2 Å². The fraction of sp³-hybridized carbons (Fsp3) is 0.625. The largest absolute Gasteiger partial charge is 0.299 e. The summed E-state index contributed by atoms with van der Waals surface area (Å²) in [6.07, 6.45) is 1.89. The van der Waals surface area contributed by atoms with Gasteiger partial charge in [-0.05, 0) is 13.3 Å². The predicted octanol–water partition coefficient (Wildman–Crippen LogP) is 2.54. The molecule has 0 aromatic heterocycles. The van der Waals surface area contributed by atoms with E-state index in [4.69, 9.17) is 11.6 Å². The zero-order valence-electron chi connectivity index (χ0n) is 6.32. The minimum atomic E-state index is 0.244. The van der Waals surface area contributed by atoms with Gasteiger partial charge in [0.2, 0.25) is 0 Å². The van der Waals surface area contributed by atoms with Gasteiger partial charge in [0.05, 0.1) is 0 Å². The summed E-state index contributed by atoms with van der Waals surface area (Å²) in [4.78, 5) is 10.9. The maximum absolute atomic E-state index is 10.9. The summed E-state index contributed by atoms with van der Waals surface area (Å²) in [5, 5.41) is 0. The molecule has 0 aliphatic carbocycles. The molecule has 10 heavy (non-hydrogen) atoms. The quantitative estimate of drug-likeness (QED) is 0.446. The molecular formula is C8H13ClO. The molecule has 0 rings (SSSR count). The summed E-state index contributed by atoms with van der Waals surface area (Å²) in [6.45, 7) is 5.51. The first-order valence-electron chi connectivity index (χ1n) is 3.39. The first kappa shape index (κ1) is 9.70. The third-order valence-corrected chi connectivity index (χ3v) is 1.36. The van der Waals surface area contributed by atoms with Crippen LogP contribution in [0.4, 0.5) is 0 Å². The molecule has 0 N–H and O–H groups in total. The van der Waals surface area contributed by atoms with Crippen LogP contribution in [0.3, 0.4) is 0 Å². The summed E-state index contributed by atoms with van der Waals surface area (Å²) in [5.74, 6) is 0.815. The normalized spacial score (nSPS) is 9.40. The summed E-state index contributed by atoms with van der Waals surface area (Å²) >= 11 is 5.41. The van der Waals surface area contributed by atoms with Gasteiger partial charge in [-0.1, -0.05) is 12.2 Å². The van der Waals surface area contributed by atoms with Gasteiger partial charge in [-0.25, -0.2) is 0 Å². The Kier molecular flexibility index (Phi) is 5.32. The number of Topliss-reactive ketones (excluding diaryl/α,β-unsaturated/α-hetero) is 1. The maximum Gasteiger partial charge on any atom is 0.136 e. The molecule has 0 heterocycles. The van der Waals surface area contributed by atoms with Crippen molar-refractivity contribution in [2.75, 3.05) is 5.88 Å². The van der Waals surface area contributed by atoms with E-state index in [1.54, 1.807) is 0 Å². The molecule has 0 saturated heterocycles. The highest BCUT2D eigenvalue weighted by Gasteiger charge is 1.99. The van der Waals surface area contributed by atoms with E-state index in [-0.39, 0.29) is 5.78 Å². The lowest BCUT2D eigenvalue weighted by Crippen LogP contribution is -1.97. The van der Waals surface area contributed by atoms with Crippen molar-refractivity contribution in [1.82, 2.24) is 0 Å². The highest BCUT2D eigenvalue weighted by atomic mass is 35.5. The van der Waals surface area contributed by atoms with Crippen LogP contribution in [0.15, 0.2) is 12.2 Å². The van der Waals surface area contributed by atoms with E-state index in [1.165, 1.54) is 0 Å². The zero-order chi connectivity index (χ0) is 7.98. The zero-order valence-corrected chi connectivity index (χ0v) is 7.08. The van der Waals surface area contributed by atoms with Crippen LogP contribution < -0.4 is 0 Å². The van der Waals surface area contributed by atoms with E-state index in [0.29, 0.717) is 18.7 Å². The van der Waals surface area contributed by atoms with Crippen molar-refractivity contribution in [3.63, 3.8) is 0 Å². The molecule has 0 atom stereocenters. The summed E-state index contributed by atoms with van der Waals surface area (Å²) < 4.78 is 0. The third kappa shape index (κ3) is 5.83. The number of carbonyl (C=O) groups is 1. The van der Waals surface area contributed by atoms with E-state index < -0.39 is 0 Å². The maximum atomic E-state index is 10.9. The molecule has 0 bridgehead atoms. The number of allylic oxidation sites excluding steroid dienone is 1. The molecule has 0 spiro atoms. The lowest BCUT2D eigenvalue weighted by atomic mass is 10.1. The van der Waals surface area contributed by atoms with Gasteiger partial charge in [0.25, 0.3) is 0 Å². The predicted molar refractivity (Wildman–Crippen MR) is 44.4 cm³/mol. The van der Waals surface area contributed by atoms with Crippen LogP contribution in [0.25, 0.3) is 0 Å². The van der Waals surface area contributed by atoms with Crippen molar-refractivity contribution in [1.29, 1.82) is 0 Å². The van der Waals surface area contributed by atoms with Gasteiger partial charge in [0.1, 0.15) is 5.78 Å². The molecule has 0 aromatic carbocycles. The second-order valence-electron chi connectivity index (χ2n) is 2.47. The van der Waals surface area contributed by atoms with Crippen LogP contribution in [0, 0.1) is 0 Å². The molecule has 0 radical (unpaired) electrons. The first-order valence-corrected chi connectivity index (χ1v) is 3.92. The van der Waals surface area contributed by atoms with Crippen LogP contribution >= 0.6 is 11.6 Å². The second kappa shape index (κ2) is 5.48. The van der Waals surface area contributed by atoms with Crippen molar-refractivity contribution < 1.29 is 4.79 Å². The monoisotopic (exact) mass is 160 g/mol. The van der Waals surface area contributed by atoms with Gasteiger partial charge in [-0.2, -0.15) is 0 Å². The lowest BCUT2D eigenvalue weighted by molar-refractivity contribution is -0.118. The third-order valence-electron chi connectivity index (χ3n) is 1.09. The molecule has 0 amide bonds. The Hall–Kier alpha value is -0.300. The summed E-state index contributed by atoms with van der Waals surface area (Å²) in [6, 6.07) is 0. The van der Waals surface area contributed by atoms with Crippen LogP contribution in [0.2, 0.25) is 0 Å². The van der Waals surface area contributed by atoms with Gasteiger partial charge in [0.15, 0.2) is 0 Å². The standard InChI is InChI=1S/C8H13ClO/c1-7(2)6-8(10)4-3-5-9/h1,3-6H2,2H3. The number of halogens is 1. The first-order chi connectivity index (χ1) is 4.66. The van der Waals surface area contributed by atoms with Gasteiger partial charge in [-0.3, -0.25) is 4.79 Å². The smallest absolute Gasteiger partial charge is 0.136 e. The van der Waals surface area contributed by atoms with Gasteiger partial charge >= 0.3 is 0 Å². The van der Waals surface area contributed by atoms with Gasteiger partial charge in [0, 0.05) is 18.7 Å². The van der Waals surface area contributed by atoms with Crippen molar-refractivity contribution in [3.05, 3.63) is 12.2 Å². The van der Waals surface area contributed by atoms with Crippen LogP contribution in [-0.2, 0) is 4.79 Å². The highest BCUT2D eigenvalue weighted by Crippen LogP contribution is 2.02. The van der Waals surface area contributed by atoms with Crippen LogP contribution in [-0.4, -0.2) is 11.7 Å². The number of alkyl halides is 1. The molecule has 0 aliphatic rings. The Bertz CT molecular complexity index is 129. The van der Waals surface area contributed by atoms with Crippen LogP contribution in [0.5, 0.6) is 0 Å². The summed E-state index contributed by atoms with van der Waals surface area (Å²) in [7, 11) is 0. The number of hydrogen-bond acceptors (Lipinski definition) is 1. The Balaban J connectivity index is 3.35. The van der Waals surface area contributed by atoms with E-state index >= 15 is 0 Å². The molecule has 0 saturated carbocycles. The molecule has 58 valence electrons. The van der Waals surface area contributed by atoms with E-state index in [2.05, 4.69) is 6.58 Å². The molecule has 0 aromatic rings. The van der Waals surface area contributed by atoms with E-state index in [0.717, 1.165) is 12.0 Å². The molecule has 0 unspecified atom stereocenters. The number of rotatable bonds is 5. The Morgan fingerprint density at radius 1 is 1.60 bits per heavy atom. The number of ketones is 1. The Labute approximate surface area is 67.1 Å². The van der Waals surface area contributed by atoms with Crippen molar-refractivity contribution in [2.24, 2.45) is 0 Å². The fourth-order valence-corrected chi connectivity index (χ4v) is 0.823. The lowest BCUT2D eigenvalue weighted by Gasteiger charge is -1.96. The average Bonchev–Trinajstić information content (AvgIpc) is 1.82. The Morgan fingerprint density at radius 2 is 2.20 bits per heavy atom. The molecule has 0 fully saturated rings. The average molecular weight is 161 g/mol. The summed E-state index contributed by atoms with van der Waals surface area (Å²) in [5.41, 5.74) is 0.930. The van der Waals surface area contributed by atoms with Crippen molar-refractivity contribution >= 4 is 17.4 Å². The SMILES string of the molecule is C=C(C)CC(=O)CCCCl. The van der Waals surface area contributed by atoms with E-state index in [9.17, 15) is 4.79 Å². The molecule has 0 aliphatic heterocycles. The molecule has 2 heteroatoms. The van der Waals surface area contributed by atoms with Gasteiger partial charge in [-0.15, -0.1) is 11.6 Å². The highest BCUT2D eigenvalue weighted by molar-refractivity contribution is 6.17. The molecular weight excluding hydrogens is 148 g/mol. The molecule has 1 nitrogen and oxygen atoms in total. The minimum Gasteiger partial charge on any atom is -0.299 e.